The fourth-order valence-corrected chi connectivity index (χ4v) is 3.76. The number of hydrogen-bond donors (Lipinski definition) is 1. The van der Waals surface area contributed by atoms with E-state index in [1.165, 1.54) is 12.1 Å². The molecule has 1 aliphatic rings. The van der Waals surface area contributed by atoms with Crippen LogP contribution in [-0.4, -0.2) is 67.0 Å². The molecule has 1 unspecified atom stereocenters. The van der Waals surface area contributed by atoms with Gasteiger partial charge in [0, 0.05) is 26.2 Å². The second-order valence-electron chi connectivity index (χ2n) is 7.58. The van der Waals surface area contributed by atoms with E-state index < -0.39 is 5.82 Å². The molecule has 6 nitrogen and oxygen atoms in total. The molecule has 1 saturated heterocycles. The predicted molar refractivity (Wildman–Crippen MR) is 118 cm³/mol. The number of hydrogen-bond acceptors (Lipinski definition) is 4. The Bertz CT molecular complexity index is 932. The van der Waals surface area contributed by atoms with Crippen LogP contribution in [0.4, 0.5) is 4.39 Å². The first-order chi connectivity index (χ1) is 14.8. The third kappa shape index (κ3) is 6.18. The number of nitrogens with one attached hydrogen (secondary N) is 1. The third-order valence-electron chi connectivity index (χ3n) is 5.35. The highest BCUT2D eigenvalue weighted by Crippen LogP contribution is 2.20. The average molecular weight is 448 g/mol. The number of rotatable bonds is 7. The summed E-state index contributed by atoms with van der Waals surface area (Å²) in [5, 5.41) is 3.00. The molecule has 1 atom stereocenters. The molecule has 0 aromatic heterocycles. The summed E-state index contributed by atoms with van der Waals surface area (Å²) in [6.45, 7) is 6.74. The number of nitrogens with zero attached hydrogens (tertiary/aromatic N) is 2. The van der Waals surface area contributed by atoms with Gasteiger partial charge in [-0.1, -0.05) is 23.7 Å². The molecule has 3 rings (SSSR count). The van der Waals surface area contributed by atoms with Crippen LogP contribution in [-0.2, 0) is 4.79 Å². The summed E-state index contributed by atoms with van der Waals surface area (Å²) in [6.07, 6.45) is 0. The van der Waals surface area contributed by atoms with Gasteiger partial charge in [0.2, 0.25) is 5.91 Å². The lowest BCUT2D eigenvalue weighted by Gasteiger charge is -2.37. The first kappa shape index (κ1) is 23.0. The van der Waals surface area contributed by atoms with Gasteiger partial charge in [-0.2, -0.15) is 0 Å². The fourth-order valence-electron chi connectivity index (χ4n) is 3.51. The molecule has 0 radical (unpaired) electrons. The molecule has 0 spiro atoms. The number of benzene rings is 2. The maximum atomic E-state index is 13.2. The highest BCUT2D eigenvalue weighted by molar-refractivity contribution is 6.33. The molecule has 2 amide bonds. The zero-order valence-electron chi connectivity index (χ0n) is 17.7. The van der Waals surface area contributed by atoms with E-state index >= 15 is 0 Å². The topological polar surface area (TPSA) is 61.9 Å². The highest BCUT2D eigenvalue weighted by Gasteiger charge is 2.28. The normalized spacial score (nSPS) is 15.4. The molecule has 31 heavy (non-hydrogen) atoms. The average Bonchev–Trinajstić information content (AvgIpc) is 2.76. The van der Waals surface area contributed by atoms with Gasteiger partial charge >= 0.3 is 0 Å². The Morgan fingerprint density at radius 2 is 1.90 bits per heavy atom. The van der Waals surface area contributed by atoms with Crippen LogP contribution in [0.1, 0.15) is 22.8 Å². The molecule has 0 bridgehead atoms. The number of piperazine rings is 1. The van der Waals surface area contributed by atoms with Crippen LogP contribution in [0.25, 0.3) is 0 Å². The van der Waals surface area contributed by atoms with Crippen LogP contribution >= 0.6 is 11.6 Å². The van der Waals surface area contributed by atoms with Crippen molar-refractivity contribution in [3.8, 4) is 5.75 Å². The van der Waals surface area contributed by atoms with Crippen molar-refractivity contribution >= 4 is 23.4 Å². The summed E-state index contributed by atoms with van der Waals surface area (Å²) in [7, 11) is 0. The lowest BCUT2D eigenvalue weighted by atomic mass is 10.1. The molecule has 8 heteroatoms. The van der Waals surface area contributed by atoms with E-state index in [-0.39, 0.29) is 28.4 Å². The van der Waals surface area contributed by atoms with Gasteiger partial charge in [-0.25, -0.2) is 4.39 Å². The molecule has 1 heterocycles. The van der Waals surface area contributed by atoms with Crippen LogP contribution in [0.3, 0.4) is 0 Å². The molecule has 166 valence electrons. The summed E-state index contributed by atoms with van der Waals surface area (Å²) >= 11 is 6.01. The van der Waals surface area contributed by atoms with Gasteiger partial charge in [0.15, 0.2) is 0 Å². The monoisotopic (exact) mass is 447 g/mol. The number of ether oxygens (including phenoxy) is 1. The largest absolute Gasteiger partial charge is 0.492 e. The van der Waals surface area contributed by atoms with E-state index in [2.05, 4.69) is 5.32 Å². The molecule has 2 aromatic carbocycles. The van der Waals surface area contributed by atoms with Crippen LogP contribution in [0.2, 0.25) is 5.02 Å². The van der Waals surface area contributed by atoms with Crippen molar-refractivity contribution in [2.75, 3.05) is 39.3 Å². The van der Waals surface area contributed by atoms with Crippen LogP contribution < -0.4 is 10.1 Å². The maximum Gasteiger partial charge on any atom is 0.255 e. The van der Waals surface area contributed by atoms with Crippen molar-refractivity contribution in [3.05, 3.63) is 64.4 Å². The maximum absolute atomic E-state index is 13.2. The second-order valence-corrected chi connectivity index (χ2v) is 7.99. The first-order valence-electron chi connectivity index (χ1n) is 10.3. The molecular weight excluding hydrogens is 421 g/mol. The van der Waals surface area contributed by atoms with Gasteiger partial charge < -0.3 is 15.0 Å². The Morgan fingerprint density at radius 1 is 1.16 bits per heavy atom. The molecule has 1 fully saturated rings. The smallest absolute Gasteiger partial charge is 0.255 e. The minimum atomic E-state index is -0.476. The van der Waals surface area contributed by atoms with Crippen molar-refractivity contribution in [2.24, 2.45) is 0 Å². The van der Waals surface area contributed by atoms with E-state index in [0.29, 0.717) is 39.3 Å². The minimum Gasteiger partial charge on any atom is -0.492 e. The zero-order valence-corrected chi connectivity index (χ0v) is 18.5. The number of aryl methyl sites for hydroxylation is 1. The van der Waals surface area contributed by atoms with Crippen molar-refractivity contribution < 1.29 is 18.7 Å². The van der Waals surface area contributed by atoms with Crippen LogP contribution in [0, 0.1) is 12.7 Å². The fraction of sp³-hybridized carbons (Fsp3) is 0.391. The van der Waals surface area contributed by atoms with E-state index in [1.54, 1.807) is 4.90 Å². The van der Waals surface area contributed by atoms with Gasteiger partial charge in [-0.15, -0.1) is 0 Å². The predicted octanol–water partition coefficient (Wildman–Crippen LogP) is 3.13. The van der Waals surface area contributed by atoms with E-state index in [1.807, 2.05) is 43.0 Å². The summed E-state index contributed by atoms with van der Waals surface area (Å²) in [5.74, 6) is 0.00378. The molecular formula is C23H27ClFN3O3. The lowest BCUT2D eigenvalue weighted by molar-refractivity contribution is -0.126. The van der Waals surface area contributed by atoms with Crippen molar-refractivity contribution in [1.29, 1.82) is 0 Å². The van der Waals surface area contributed by atoms with Crippen molar-refractivity contribution in [2.45, 2.75) is 19.9 Å². The standard InChI is InChI=1S/C23H27ClFN3O3/c1-16-4-3-5-19(14-16)31-13-8-26-22(29)17(2)27-9-11-28(12-10-27)23(30)20-7-6-18(25)15-21(20)24/h3-7,14-15,17H,8-13H2,1-2H3,(H,26,29). The van der Waals surface area contributed by atoms with Gasteiger partial charge in [0.05, 0.1) is 23.2 Å². The number of amides is 2. The van der Waals surface area contributed by atoms with E-state index in [0.717, 1.165) is 17.4 Å². The summed E-state index contributed by atoms with van der Waals surface area (Å²) < 4.78 is 18.9. The third-order valence-corrected chi connectivity index (χ3v) is 5.66. The molecule has 0 saturated carbocycles. The minimum absolute atomic E-state index is 0.0748. The van der Waals surface area contributed by atoms with Crippen molar-refractivity contribution in [1.82, 2.24) is 15.1 Å². The number of carbonyl (C=O) groups excluding carboxylic acids is 2. The van der Waals surface area contributed by atoms with Gasteiger partial charge in [-0.05, 0) is 49.7 Å². The van der Waals surface area contributed by atoms with E-state index in [4.69, 9.17) is 16.3 Å². The zero-order chi connectivity index (χ0) is 22.4. The highest BCUT2D eigenvalue weighted by atomic mass is 35.5. The summed E-state index contributed by atoms with van der Waals surface area (Å²) in [4.78, 5) is 28.9. The number of halogens is 2. The van der Waals surface area contributed by atoms with E-state index in [9.17, 15) is 14.0 Å². The first-order valence-corrected chi connectivity index (χ1v) is 10.7. The summed E-state index contributed by atoms with van der Waals surface area (Å²) in [5.41, 5.74) is 1.41. The Kier molecular flexibility index (Phi) is 7.87. The lowest BCUT2D eigenvalue weighted by Crippen LogP contribution is -2.55. The molecule has 0 aliphatic carbocycles. The molecule has 2 aromatic rings. The number of carbonyl (C=O) groups is 2. The Labute approximate surface area is 186 Å². The van der Waals surface area contributed by atoms with Crippen LogP contribution in [0.15, 0.2) is 42.5 Å². The summed E-state index contributed by atoms with van der Waals surface area (Å²) in [6, 6.07) is 11.2. The van der Waals surface area contributed by atoms with Crippen molar-refractivity contribution in [3.63, 3.8) is 0 Å². The second kappa shape index (κ2) is 10.6. The Hall–Kier alpha value is -2.64. The van der Waals surface area contributed by atoms with Crippen LogP contribution in [0.5, 0.6) is 5.75 Å². The SMILES string of the molecule is Cc1cccc(OCCNC(=O)C(C)N2CCN(C(=O)c3ccc(F)cc3Cl)CC2)c1. The van der Waals surface area contributed by atoms with Gasteiger partial charge in [0.1, 0.15) is 18.2 Å². The molecule has 1 aliphatic heterocycles. The van der Waals surface area contributed by atoms with Gasteiger partial charge in [0.25, 0.3) is 5.91 Å². The Morgan fingerprint density at radius 3 is 2.58 bits per heavy atom. The quantitative estimate of drug-likeness (QED) is 0.662. The Balaban J connectivity index is 1.42. The molecule has 1 N–H and O–H groups in total. The van der Waals surface area contributed by atoms with Gasteiger partial charge in [-0.3, -0.25) is 14.5 Å².